The van der Waals surface area contributed by atoms with Crippen LogP contribution in [0.4, 0.5) is 8.78 Å². The lowest BCUT2D eigenvalue weighted by Crippen LogP contribution is -2.50. The second-order valence-corrected chi connectivity index (χ2v) is 6.36. The van der Waals surface area contributed by atoms with Crippen molar-refractivity contribution in [1.29, 1.82) is 0 Å². The van der Waals surface area contributed by atoms with Gasteiger partial charge in [-0.3, -0.25) is 4.79 Å². The van der Waals surface area contributed by atoms with Gasteiger partial charge in [0.1, 0.15) is 17.2 Å². The second-order valence-electron chi connectivity index (χ2n) is 4.87. The van der Waals surface area contributed by atoms with Crippen LogP contribution in [0, 0.1) is 11.6 Å². The Morgan fingerprint density at radius 2 is 2.15 bits per heavy atom. The predicted octanol–water partition coefficient (Wildman–Crippen LogP) is 3.29. The highest BCUT2D eigenvalue weighted by Gasteiger charge is 2.34. The average Bonchev–Trinajstić information content (AvgIpc) is 2.33. The highest BCUT2D eigenvalue weighted by atomic mass is 32.2. The molecule has 0 radical (unpaired) electrons. The van der Waals surface area contributed by atoms with E-state index in [2.05, 4.69) is 5.32 Å². The van der Waals surface area contributed by atoms with Gasteiger partial charge in [-0.05, 0) is 38.1 Å². The molecule has 0 amide bonds. The summed E-state index contributed by atoms with van der Waals surface area (Å²) in [6.07, 6.45) is 0.302. The molecule has 0 aliphatic heterocycles. The maximum atomic E-state index is 13.6. The summed E-state index contributed by atoms with van der Waals surface area (Å²) in [6, 6.07) is 3.26. The van der Waals surface area contributed by atoms with Crippen molar-refractivity contribution in [3.8, 4) is 0 Å². The van der Waals surface area contributed by atoms with Gasteiger partial charge >= 0.3 is 5.97 Å². The first-order valence-corrected chi connectivity index (χ1v) is 7.26. The summed E-state index contributed by atoms with van der Waals surface area (Å²) in [6.45, 7) is 5.74. The van der Waals surface area contributed by atoms with Gasteiger partial charge in [-0.2, -0.15) is 0 Å². The standard InChI is InChI=1S/C14H19F2NO2S/c1-4-17-14(3,13(18)19)8-9(2)20-12-7-10(15)5-6-11(12)16/h5-7,9,17H,4,8H2,1-3H3,(H,18,19). The first-order valence-electron chi connectivity index (χ1n) is 6.38. The third-order valence-corrected chi connectivity index (χ3v) is 4.09. The van der Waals surface area contributed by atoms with E-state index in [0.717, 1.165) is 30.0 Å². The number of thioether (sulfide) groups is 1. The normalized spacial score (nSPS) is 15.7. The average molecular weight is 303 g/mol. The summed E-state index contributed by atoms with van der Waals surface area (Å²) in [5, 5.41) is 12.0. The molecule has 112 valence electrons. The number of nitrogens with one attached hydrogen (secondary N) is 1. The molecular formula is C14H19F2NO2S. The fraction of sp³-hybridized carbons (Fsp3) is 0.500. The van der Waals surface area contributed by atoms with E-state index in [9.17, 15) is 18.7 Å². The number of aliphatic carboxylic acids is 1. The first kappa shape index (κ1) is 16.9. The predicted molar refractivity (Wildman–Crippen MR) is 76.0 cm³/mol. The van der Waals surface area contributed by atoms with Crippen molar-refractivity contribution >= 4 is 17.7 Å². The van der Waals surface area contributed by atoms with E-state index < -0.39 is 23.1 Å². The molecule has 0 fully saturated rings. The molecule has 0 aromatic heterocycles. The smallest absolute Gasteiger partial charge is 0.323 e. The number of benzene rings is 1. The van der Waals surface area contributed by atoms with E-state index in [1.54, 1.807) is 13.8 Å². The Morgan fingerprint density at radius 3 is 2.70 bits per heavy atom. The lowest BCUT2D eigenvalue weighted by atomic mass is 9.96. The molecule has 1 aromatic carbocycles. The SMILES string of the molecule is CCNC(C)(CC(C)Sc1cc(F)ccc1F)C(=O)O. The van der Waals surface area contributed by atoms with Gasteiger partial charge in [-0.25, -0.2) is 8.78 Å². The van der Waals surface area contributed by atoms with Crippen LogP contribution in [0.15, 0.2) is 23.1 Å². The number of hydrogen-bond acceptors (Lipinski definition) is 3. The Labute approximate surface area is 121 Å². The van der Waals surface area contributed by atoms with Crippen molar-refractivity contribution in [3.63, 3.8) is 0 Å². The van der Waals surface area contributed by atoms with Crippen LogP contribution in [0.5, 0.6) is 0 Å². The van der Waals surface area contributed by atoms with E-state index in [0.29, 0.717) is 13.0 Å². The minimum Gasteiger partial charge on any atom is -0.480 e. The van der Waals surface area contributed by atoms with Crippen LogP contribution in [0.3, 0.4) is 0 Å². The maximum Gasteiger partial charge on any atom is 0.323 e. The number of hydrogen-bond donors (Lipinski definition) is 2. The van der Waals surface area contributed by atoms with E-state index in [1.165, 1.54) is 0 Å². The number of carboxylic acids is 1. The largest absolute Gasteiger partial charge is 0.480 e. The fourth-order valence-electron chi connectivity index (χ4n) is 2.03. The minimum absolute atomic E-state index is 0.175. The van der Waals surface area contributed by atoms with Gasteiger partial charge in [0.05, 0.1) is 0 Å². The van der Waals surface area contributed by atoms with Crippen LogP contribution in [0.2, 0.25) is 0 Å². The molecule has 0 spiro atoms. The van der Waals surface area contributed by atoms with E-state index in [1.807, 2.05) is 6.92 Å². The summed E-state index contributed by atoms with van der Waals surface area (Å²) < 4.78 is 26.6. The monoisotopic (exact) mass is 303 g/mol. The van der Waals surface area contributed by atoms with Crippen LogP contribution in [0.25, 0.3) is 0 Å². The molecule has 0 aliphatic rings. The Bertz CT molecular complexity index is 484. The highest BCUT2D eigenvalue weighted by molar-refractivity contribution is 8.00. The lowest BCUT2D eigenvalue weighted by Gasteiger charge is -2.28. The summed E-state index contributed by atoms with van der Waals surface area (Å²) in [5.74, 6) is -1.95. The zero-order valence-corrected chi connectivity index (χ0v) is 12.6. The van der Waals surface area contributed by atoms with E-state index >= 15 is 0 Å². The maximum absolute atomic E-state index is 13.6. The Kier molecular flexibility index (Phi) is 5.95. The number of rotatable bonds is 7. The molecule has 0 aliphatic carbocycles. The molecule has 1 aromatic rings. The third kappa shape index (κ3) is 4.45. The van der Waals surface area contributed by atoms with Crippen molar-refractivity contribution in [2.75, 3.05) is 6.54 Å². The highest BCUT2D eigenvalue weighted by Crippen LogP contribution is 2.31. The molecule has 2 N–H and O–H groups in total. The van der Waals surface area contributed by atoms with Crippen molar-refractivity contribution in [3.05, 3.63) is 29.8 Å². The summed E-state index contributed by atoms with van der Waals surface area (Å²) in [7, 11) is 0. The molecule has 0 heterocycles. The lowest BCUT2D eigenvalue weighted by molar-refractivity contribution is -0.144. The summed E-state index contributed by atoms with van der Waals surface area (Å²) >= 11 is 1.14. The van der Waals surface area contributed by atoms with Crippen LogP contribution in [-0.4, -0.2) is 28.4 Å². The fourth-order valence-corrected chi connectivity index (χ4v) is 3.24. The van der Waals surface area contributed by atoms with E-state index in [4.69, 9.17) is 0 Å². The van der Waals surface area contributed by atoms with Crippen LogP contribution in [0.1, 0.15) is 27.2 Å². The second kappa shape index (κ2) is 7.04. The van der Waals surface area contributed by atoms with Gasteiger partial charge < -0.3 is 10.4 Å². The molecule has 0 saturated heterocycles. The zero-order valence-electron chi connectivity index (χ0n) is 11.7. The first-order chi connectivity index (χ1) is 9.28. The minimum atomic E-state index is -1.08. The van der Waals surface area contributed by atoms with Crippen LogP contribution in [-0.2, 0) is 4.79 Å². The third-order valence-electron chi connectivity index (χ3n) is 2.96. The molecule has 2 atom stereocenters. The number of carboxylic acid groups (broad SMARTS) is 1. The van der Waals surface area contributed by atoms with Gasteiger partial charge in [0.25, 0.3) is 0 Å². The number of likely N-dealkylation sites (N-methyl/N-ethyl adjacent to an activating group) is 1. The molecule has 20 heavy (non-hydrogen) atoms. The molecule has 0 bridgehead atoms. The number of halogens is 2. The Morgan fingerprint density at radius 1 is 1.50 bits per heavy atom. The number of carbonyl (C=O) groups is 1. The molecule has 2 unspecified atom stereocenters. The van der Waals surface area contributed by atoms with E-state index in [-0.39, 0.29) is 10.1 Å². The quantitative estimate of drug-likeness (QED) is 0.759. The van der Waals surface area contributed by atoms with Gasteiger partial charge in [-0.1, -0.05) is 13.8 Å². The topological polar surface area (TPSA) is 49.3 Å². The van der Waals surface area contributed by atoms with Crippen molar-refractivity contribution in [1.82, 2.24) is 5.32 Å². The molecule has 0 saturated carbocycles. The van der Waals surface area contributed by atoms with Crippen LogP contribution < -0.4 is 5.32 Å². The van der Waals surface area contributed by atoms with Crippen molar-refractivity contribution in [2.24, 2.45) is 0 Å². The zero-order chi connectivity index (χ0) is 15.3. The van der Waals surface area contributed by atoms with Crippen molar-refractivity contribution < 1.29 is 18.7 Å². The van der Waals surface area contributed by atoms with Gasteiger partial charge in [-0.15, -0.1) is 11.8 Å². The Hall–Kier alpha value is -1.14. The van der Waals surface area contributed by atoms with Crippen molar-refractivity contribution in [2.45, 2.75) is 42.9 Å². The van der Waals surface area contributed by atoms with Gasteiger partial charge in [0.15, 0.2) is 0 Å². The molecule has 1 rings (SSSR count). The van der Waals surface area contributed by atoms with Crippen LogP contribution >= 0.6 is 11.8 Å². The molecule has 3 nitrogen and oxygen atoms in total. The Balaban J connectivity index is 2.78. The molecular weight excluding hydrogens is 284 g/mol. The summed E-state index contributed by atoms with van der Waals surface area (Å²) in [5.41, 5.74) is -1.08. The summed E-state index contributed by atoms with van der Waals surface area (Å²) in [4.78, 5) is 11.5. The van der Waals surface area contributed by atoms with Gasteiger partial charge in [0, 0.05) is 10.1 Å². The molecule has 6 heteroatoms. The van der Waals surface area contributed by atoms with Gasteiger partial charge in [0.2, 0.25) is 0 Å².